The molecule has 3 aromatic rings. The summed E-state index contributed by atoms with van der Waals surface area (Å²) in [4.78, 5) is 20.9. The number of benzene rings is 1. The van der Waals surface area contributed by atoms with Gasteiger partial charge in [-0.2, -0.15) is 5.10 Å². The standard InChI is InChI=1S/C23H27N5O5/c1-30-19-10-14(11-20(31-2)22(19)32-3)17-12-18(28-27-17)23(29)26-15-4-6-16(7-5-15)33-21-13-24-8-9-25-21/h8-13,15-16H,4-7H2,1-3H3,(H,26,29)(H,27,28). The van der Waals surface area contributed by atoms with Gasteiger partial charge >= 0.3 is 0 Å². The van der Waals surface area contributed by atoms with Gasteiger partial charge in [0.15, 0.2) is 11.5 Å². The van der Waals surface area contributed by atoms with Crippen molar-refractivity contribution >= 4 is 5.91 Å². The quantitative estimate of drug-likeness (QED) is 0.534. The molecule has 1 amide bonds. The summed E-state index contributed by atoms with van der Waals surface area (Å²) in [7, 11) is 4.65. The highest BCUT2D eigenvalue weighted by Crippen LogP contribution is 2.40. The Kier molecular flexibility index (Phi) is 6.92. The molecule has 0 aliphatic heterocycles. The Hall–Kier alpha value is -3.82. The van der Waals surface area contributed by atoms with Crippen LogP contribution in [0.4, 0.5) is 0 Å². The first-order valence-electron chi connectivity index (χ1n) is 10.7. The molecule has 10 heteroatoms. The van der Waals surface area contributed by atoms with Crippen LogP contribution < -0.4 is 24.3 Å². The number of rotatable bonds is 8. The van der Waals surface area contributed by atoms with Crippen LogP contribution in [0.5, 0.6) is 23.1 Å². The lowest BCUT2D eigenvalue weighted by Crippen LogP contribution is -2.39. The van der Waals surface area contributed by atoms with Gasteiger partial charge in [0, 0.05) is 24.0 Å². The number of nitrogens with one attached hydrogen (secondary N) is 2. The molecule has 0 saturated heterocycles. The topological polar surface area (TPSA) is 120 Å². The lowest BCUT2D eigenvalue weighted by molar-refractivity contribution is 0.0885. The van der Waals surface area contributed by atoms with Crippen LogP contribution in [0, 0.1) is 0 Å². The summed E-state index contributed by atoms with van der Waals surface area (Å²) >= 11 is 0. The van der Waals surface area contributed by atoms with Crippen LogP contribution in [0.15, 0.2) is 36.8 Å². The van der Waals surface area contributed by atoms with E-state index in [1.54, 1.807) is 58.1 Å². The summed E-state index contributed by atoms with van der Waals surface area (Å²) in [6.45, 7) is 0. The van der Waals surface area contributed by atoms with Gasteiger partial charge in [-0.15, -0.1) is 0 Å². The van der Waals surface area contributed by atoms with Gasteiger partial charge in [0.1, 0.15) is 11.8 Å². The van der Waals surface area contributed by atoms with Crippen molar-refractivity contribution in [3.05, 3.63) is 42.5 Å². The van der Waals surface area contributed by atoms with E-state index in [1.165, 1.54) is 0 Å². The monoisotopic (exact) mass is 453 g/mol. The third-order valence-electron chi connectivity index (χ3n) is 5.62. The van der Waals surface area contributed by atoms with Crippen molar-refractivity contribution in [2.45, 2.75) is 37.8 Å². The molecular weight excluding hydrogens is 426 g/mol. The maximum atomic E-state index is 12.8. The molecule has 1 aliphatic rings. The maximum absolute atomic E-state index is 12.8. The van der Waals surface area contributed by atoms with E-state index in [0.29, 0.717) is 34.5 Å². The molecule has 2 N–H and O–H groups in total. The molecule has 2 aromatic heterocycles. The van der Waals surface area contributed by atoms with E-state index in [-0.39, 0.29) is 18.1 Å². The van der Waals surface area contributed by atoms with E-state index in [1.807, 2.05) is 0 Å². The van der Waals surface area contributed by atoms with Crippen molar-refractivity contribution in [1.29, 1.82) is 0 Å². The van der Waals surface area contributed by atoms with E-state index in [0.717, 1.165) is 31.2 Å². The Labute approximate surface area is 191 Å². The van der Waals surface area contributed by atoms with Crippen LogP contribution in [0.3, 0.4) is 0 Å². The van der Waals surface area contributed by atoms with E-state index in [9.17, 15) is 4.79 Å². The van der Waals surface area contributed by atoms with Crippen LogP contribution >= 0.6 is 0 Å². The number of ether oxygens (including phenoxy) is 4. The molecule has 33 heavy (non-hydrogen) atoms. The van der Waals surface area contributed by atoms with Crippen LogP contribution in [-0.4, -0.2) is 59.5 Å². The van der Waals surface area contributed by atoms with Gasteiger partial charge in [0.2, 0.25) is 11.6 Å². The minimum atomic E-state index is -0.195. The number of carbonyl (C=O) groups excluding carboxylic acids is 1. The molecule has 1 saturated carbocycles. The Balaban J connectivity index is 1.37. The zero-order chi connectivity index (χ0) is 23.2. The Morgan fingerprint density at radius 1 is 1.00 bits per heavy atom. The summed E-state index contributed by atoms with van der Waals surface area (Å²) in [6, 6.07) is 5.36. The average molecular weight is 453 g/mol. The first-order valence-corrected chi connectivity index (χ1v) is 10.7. The van der Waals surface area contributed by atoms with Gasteiger partial charge < -0.3 is 24.3 Å². The minimum absolute atomic E-state index is 0.0760. The van der Waals surface area contributed by atoms with Crippen LogP contribution in [0.25, 0.3) is 11.3 Å². The lowest BCUT2D eigenvalue weighted by atomic mass is 9.93. The highest BCUT2D eigenvalue weighted by molar-refractivity contribution is 5.93. The second-order valence-corrected chi connectivity index (χ2v) is 7.69. The number of aromatic nitrogens is 4. The van der Waals surface area contributed by atoms with Crippen LogP contribution in [0.2, 0.25) is 0 Å². The van der Waals surface area contributed by atoms with Crippen molar-refractivity contribution in [3.8, 4) is 34.4 Å². The summed E-state index contributed by atoms with van der Waals surface area (Å²) in [5, 5.41) is 10.2. The molecule has 1 aliphatic carbocycles. The van der Waals surface area contributed by atoms with Crippen LogP contribution in [-0.2, 0) is 0 Å². The van der Waals surface area contributed by atoms with Gasteiger partial charge in [0.25, 0.3) is 5.91 Å². The van der Waals surface area contributed by atoms with Gasteiger partial charge in [0.05, 0.1) is 33.2 Å². The number of carbonyl (C=O) groups is 1. The molecule has 0 radical (unpaired) electrons. The highest BCUT2D eigenvalue weighted by Gasteiger charge is 2.25. The second-order valence-electron chi connectivity index (χ2n) is 7.69. The van der Waals surface area contributed by atoms with Gasteiger partial charge in [-0.25, -0.2) is 4.98 Å². The number of methoxy groups -OCH3 is 3. The number of nitrogens with zero attached hydrogens (tertiary/aromatic N) is 3. The van der Waals surface area contributed by atoms with Gasteiger partial charge in [-0.3, -0.25) is 14.9 Å². The first-order chi connectivity index (χ1) is 16.1. The minimum Gasteiger partial charge on any atom is -0.493 e. The third-order valence-corrected chi connectivity index (χ3v) is 5.62. The average Bonchev–Trinajstić information content (AvgIpc) is 3.35. The van der Waals surface area contributed by atoms with Gasteiger partial charge in [-0.05, 0) is 43.9 Å². The van der Waals surface area contributed by atoms with E-state index < -0.39 is 0 Å². The van der Waals surface area contributed by atoms with E-state index >= 15 is 0 Å². The molecule has 10 nitrogen and oxygen atoms in total. The lowest BCUT2D eigenvalue weighted by Gasteiger charge is -2.28. The normalized spacial score (nSPS) is 17.8. The predicted octanol–water partition coefficient (Wildman–Crippen LogP) is 3.01. The summed E-state index contributed by atoms with van der Waals surface area (Å²) in [5.74, 6) is 1.86. The van der Waals surface area contributed by atoms with Crippen molar-refractivity contribution in [3.63, 3.8) is 0 Å². The molecule has 2 heterocycles. The zero-order valence-electron chi connectivity index (χ0n) is 18.8. The molecule has 0 atom stereocenters. The number of hydrogen-bond donors (Lipinski definition) is 2. The Morgan fingerprint density at radius 2 is 1.73 bits per heavy atom. The molecule has 0 unspecified atom stereocenters. The highest BCUT2D eigenvalue weighted by atomic mass is 16.5. The van der Waals surface area contributed by atoms with E-state index in [2.05, 4.69) is 25.5 Å². The van der Waals surface area contributed by atoms with Crippen LogP contribution in [0.1, 0.15) is 36.2 Å². The summed E-state index contributed by atoms with van der Waals surface area (Å²) < 4.78 is 22.0. The molecule has 0 spiro atoms. The molecular formula is C23H27N5O5. The number of hydrogen-bond acceptors (Lipinski definition) is 8. The predicted molar refractivity (Wildman–Crippen MR) is 120 cm³/mol. The summed E-state index contributed by atoms with van der Waals surface area (Å²) in [5.41, 5.74) is 1.72. The largest absolute Gasteiger partial charge is 0.493 e. The molecule has 4 rings (SSSR count). The van der Waals surface area contributed by atoms with Crippen molar-refractivity contribution in [2.75, 3.05) is 21.3 Å². The molecule has 0 bridgehead atoms. The Bertz CT molecular complexity index is 1050. The fourth-order valence-electron chi connectivity index (χ4n) is 3.92. The fourth-order valence-corrected chi connectivity index (χ4v) is 3.92. The second kappa shape index (κ2) is 10.2. The third kappa shape index (κ3) is 5.16. The summed E-state index contributed by atoms with van der Waals surface area (Å²) in [6.07, 6.45) is 8.23. The Morgan fingerprint density at radius 3 is 2.33 bits per heavy atom. The molecule has 174 valence electrons. The fraction of sp³-hybridized carbons (Fsp3) is 0.391. The van der Waals surface area contributed by atoms with Crippen molar-refractivity contribution in [1.82, 2.24) is 25.5 Å². The van der Waals surface area contributed by atoms with Crippen molar-refractivity contribution < 1.29 is 23.7 Å². The smallest absolute Gasteiger partial charge is 0.269 e. The first kappa shape index (κ1) is 22.4. The number of aromatic amines is 1. The van der Waals surface area contributed by atoms with E-state index in [4.69, 9.17) is 18.9 Å². The zero-order valence-corrected chi connectivity index (χ0v) is 18.8. The van der Waals surface area contributed by atoms with Crippen molar-refractivity contribution in [2.24, 2.45) is 0 Å². The van der Waals surface area contributed by atoms with Gasteiger partial charge in [-0.1, -0.05) is 0 Å². The maximum Gasteiger partial charge on any atom is 0.269 e. The molecule has 1 aromatic carbocycles. The molecule has 1 fully saturated rings. The SMILES string of the molecule is COc1cc(-c2cc(C(=O)NC3CCC(Oc4cnccn4)CC3)[nH]n2)cc(OC)c1OC. The number of H-pyrrole nitrogens is 1. The number of amides is 1.